The van der Waals surface area contributed by atoms with Crippen LogP contribution in [0.1, 0.15) is 18.1 Å². The average molecular weight is 522 g/mol. The number of rotatable bonds is 7. The van der Waals surface area contributed by atoms with Crippen LogP contribution in [0.5, 0.6) is 5.75 Å². The van der Waals surface area contributed by atoms with Crippen molar-refractivity contribution in [2.75, 3.05) is 7.11 Å². The van der Waals surface area contributed by atoms with Gasteiger partial charge in [0.2, 0.25) is 0 Å². The van der Waals surface area contributed by atoms with E-state index in [0.29, 0.717) is 0 Å². The summed E-state index contributed by atoms with van der Waals surface area (Å²) in [6, 6.07) is 36.5. The van der Waals surface area contributed by atoms with E-state index in [1.54, 1.807) is 12.1 Å². The molecule has 4 aromatic rings. The predicted molar refractivity (Wildman–Crippen MR) is 142 cm³/mol. The van der Waals surface area contributed by atoms with Crippen molar-refractivity contribution < 1.29 is 9.66 Å². The minimum atomic E-state index is -3.33. The Bertz CT molecular complexity index is 1170. The molecule has 0 aliphatic rings. The Morgan fingerprint density at radius 1 is 0.788 bits per heavy atom. The van der Waals surface area contributed by atoms with Gasteiger partial charge in [0, 0.05) is 0 Å². The fraction of sp³-hybridized carbons (Fsp3) is 0.111. The van der Waals surface area contributed by atoms with Gasteiger partial charge in [-0.05, 0) is 0 Å². The maximum atomic E-state index is 11.8. The van der Waals surface area contributed by atoms with Gasteiger partial charge >= 0.3 is 202 Å². The second-order valence-electron chi connectivity index (χ2n) is 7.94. The van der Waals surface area contributed by atoms with Gasteiger partial charge in [-0.2, -0.15) is 0 Å². The summed E-state index contributed by atoms with van der Waals surface area (Å²) in [5.41, 5.74) is 0.718. The molecule has 4 nitrogen and oxygen atoms in total. The molecule has 0 saturated heterocycles. The molecule has 168 valence electrons. The van der Waals surface area contributed by atoms with Crippen molar-refractivity contribution in [3.8, 4) is 5.75 Å². The molecule has 0 aliphatic carbocycles. The predicted octanol–water partition coefficient (Wildman–Crippen LogP) is 6.50. The monoisotopic (exact) mass is 521 g/mol. The van der Waals surface area contributed by atoms with Crippen LogP contribution in [0.15, 0.2) is 109 Å². The zero-order chi connectivity index (χ0) is 23.5. The van der Waals surface area contributed by atoms with E-state index < -0.39 is 5.31 Å². The molecule has 0 saturated carbocycles. The van der Waals surface area contributed by atoms with E-state index in [1.165, 1.54) is 7.11 Å². The summed E-state index contributed by atoms with van der Waals surface area (Å²) in [5, 5.41) is 12.0. The van der Waals surface area contributed by atoms with Gasteiger partial charge in [0.25, 0.3) is 0 Å². The summed E-state index contributed by atoms with van der Waals surface area (Å²) in [4.78, 5) is 11.4. The van der Waals surface area contributed by atoms with Crippen molar-refractivity contribution in [3.63, 3.8) is 0 Å². The van der Waals surface area contributed by atoms with Crippen LogP contribution < -0.4 is 20.7 Å². The van der Waals surface area contributed by atoms with Crippen molar-refractivity contribution in [3.05, 3.63) is 125 Å². The standard InChI is InChI=1S/C27H25BrNO3P/c1-21(22-18-19-27(32-2)26(20-22)29(30)31)33(28,23-12-6-3-7-13-23,24-14-8-4-9-15-24)25-16-10-5-11-17-25/h3-21H,1-2H3. The van der Waals surface area contributed by atoms with Gasteiger partial charge in [0.05, 0.1) is 0 Å². The van der Waals surface area contributed by atoms with Crippen LogP contribution in [0.2, 0.25) is 0 Å². The molecule has 4 rings (SSSR count). The number of nitrogens with zero attached hydrogens (tertiary/aromatic N) is 1. The summed E-state index contributed by atoms with van der Waals surface area (Å²) < 4.78 is 5.26. The van der Waals surface area contributed by atoms with Gasteiger partial charge in [-0.3, -0.25) is 0 Å². The van der Waals surface area contributed by atoms with E-state index in [1.807, 2.05) is 60.7 Å². The Balaban J connectivity index is 2.12. The Morgan fingerprint density at radius 2 is 1.21 bits per heavy atom. The van der Waals surface area contributed by atoms with E-state index in [-0.39, 0.29) is 22.0 Å². The first-order valence-corrected chi connectivity index (χ1v) is 15.0. The number of nitro groups is 1. The van der Waals surface area contributed by atoms with Crippen molar-refractivity contribution in [2.24, 2.45) is 0 Å². The van der Waals surface area contributed by atoms with Gasteiger partial charge < -0.3 is 0 Å². The summed E-state index contributed by atoms with van der Waals surface area (Å²) in [5.74, 6) is 0.255. The summed E-state index contributed by atoms with van der Waals surface area (Å²) in [6.07, 6.45) is 0. The van der Waals surface area contributed by atoms with Gasteiger partial charge in [-0.25, -0.2) is 0 Å². The van der Waals surface area contributed by atoms with E-state index in [2.05, 4.69) is 58.8 Å². The number of halogens is 1. The Hall–Kier alpha value is -3.01. The molecule has 0 heterocycles. The SMILES string of the molecule is COc1ccc(C(C)P(Br)(c2ccccc2)(c2ccccc2)c2ccccc2)cc1[N+](=O)[O-]. The molecule has 0 bridgehead atoms. The third-order valence-corrected chi connectivity index (χ3v) is 17.6. The minimum absolute atomic E-state index is 0.0337. The quantitative estimate of drug-likeness (QED) is 0.158. The number of benzene rings is 4. The normalized spacial score (nSPS) is 13.5. The van der Waals surface area contributed by atoms with Crippen LogP contribution in [-0.4, -0.2) is 12.0 Å². The van der Waals surface area contributed by atoms with Crippen molar-refractivity contribution in [1.29, 1.82) is 0 Å². The number of hydrogen-bond acceptors (Lipinski definition) is 3. The summed E-state index contributed by atoms with van der Waals surface area (Å²) in [6.45, 7) is 2.16. The van der Waals surface area contributed by atoms with Crippen molar-refractivity contribution in [2.45, 2.75) is 12.6 Å². The van der Waals surface area contributed by atoms with E-state index >= 15 is 0 Å². The number of hydrogen-bond donors (Lipinski definition) is 0. The molecule has 6 heteroatoms. The van der Waals surface area contributed by atoms with Crippen LogP contribution in [0.25, 0.3) is 0 Å². The van der Waals surface area contributed by atoms with Crippen molar-refractivity contribution >= 4 is 42.4 Å². The van der Waals surface area contributed by atoms with Crippen LogP contribution in [-0.2, 0) is 0 Å². The molecule has 4 aromatic carbocycles. The van der Waals surface area contributed by atoms with Gasteiger partial charge in [0.1, 0.15) is 0 Å². The molecular formula is C27H25BrNO3P. The first-order valence-electron chi connectivity index (χ1n) is 10.6. The molecule has 0 aromatic heterocycles. The molecule has 1 unspecified atom stereocenters. The molecule has 0 amide bonds. The van der Waals surface area contributed by atoms with Crippen LogP contribution in [0.3, 0.4) is 0 Å². The summed E-state index contributed by atoms with van der Waals surface area (Å²) >= 11 is 4.45. The third kappa shape index (κ3) is 3.66. The van der Waals surface area contributed by atoms with E-state index in [4.69, 9.17) is 4.74 Å². The molecule has 1 atom stereocenters. The number of methoxy groups -OCH3 is 1. The fourth-order valence-electron chi connectivity index (χ4n) is 4.67. The van der Waals surface area contributed by atoms with Crippen LogP contribution in [0, 0.1) is 10.1 Å². The second kappa shape index (κ2) is 9.09. The third-order valence-electron chi connectivity index (χ3n) is 6.39. The zero-order valence-corrected chi connectivity index (χ0v) is 20.9. The number of ether oxygens (including phenoxy) is 1. The maximum absolute atomic E-state index is 11.8. The molecule has 0 fully saturated rings. The second-order valence-corrected chi connectivity index (χ2v) is 16.8. The van der Waals surface area contributed by atoms with Crippen LogP contribution in [0.4, 0.5) is 5.69 Å². The van der Waals surface area contributed by atoms with Crippen molar-refractivity contribution in [1.82, 2.24) is 0 Å². The first-order chi connectivity index (χ1) is 15.9. The fourth-order valence-corrected chi connectivity index (χ4v) is 12.7. The van der Waals surface area contributed by atoms with E-state index in [9.17, 15) is 10.1 Å². The summed E-state index contributed by atoms with van der Waals surface area (Å²) in [7, 11) is 1.45. The van der Waals surface area contributed by atoms with Gasteiger partial charge in [-0.1, -0.05) is 0 Å². The zero-order valence-electron chi connectivity index (χ0n) is 18.5. The van der Waals surface area contributed by atoms with Gasteiger partial charge in [0.15, 0.2) is 0 Å². The molecule has 0 spiro atoms. The Morgan fingerprint density at radius 3 is 1.58 bits per heavy atom. The molecule has 33 heavy (non-hydrogen) atoms. The Labute approximate surface area is 202 Å². The Kier molecular flexibility index (Phi) is 6.38. The molecular weight excluding hydrogens is 497 g/mol. The molecule has 0 N–H and O–H groups in total. The van der Waals surface area contributed by atoms with E-state index in [0.717, 1.165) is 21.5 Å². The molecule has 0 radical (unpaired) electrons. The number of nitro benzene ring substituents is 1. The van der Waals surface area contributed by atoms with Gasteiger partial charge in [-0.15, -0.1) is 0 Å². The first kappa shape index (κ1) is 23.2. The van der Waals surface area contributed by atoms with Crippen LogP contribution >= 0.6 is 20.8 Å². The topological polar surface area (TPSA) is 52.4 Å². The molecule has 0 aliphatic heterocycles. The average Bonchev–Trinajstić information content (AvgIpc) is 2.89.